The number of hydrogen-bond donors (Lipinski definition) is 2. The van der Waals surface area contributed by atoms with E-state index < -0.39 is 0 Å². The molecule has 2 aromatic heterocycles. The number of ether oxygens (including phenoxy) is 2. The lowest BCUT2D eigenvalue weighted by molar-refractivity contribution is -0.132. The fourth-order valence-corrected chi connectivity index (χ4v) is 6.22. The van der Waals surface area contributed by atoms with E-state index in [1.165, 1.54) is 7.11 Å². The van der Waals surface area contributed by atoms with E-state index in [4.69, 9.17) is 9.47 Å². The SMILES string of the molecule is COc1cc(C(=O)N(C)c2ccc(C)cc2OCCCCCC(=O)N2CCN(C)CC2)ccc1NC(=O)c1cccc2[nH]c(-c3ccccn3)nc12. The first-order chi connectivity index (χ1) is 25.2. The number of para-hydroxylation sites is 1. The van der Waals surface area contributed by atoms with Gasteiger partial charge in [0.1, 0.15) is 22.7 Å². The molecule has 2 N–H and O–H groups in total. The minimum Gasteiger partial charge on any atom is -0.495 e. The number of carbonyl (C=O) groups excluding carboxylic acids is 3. The number of aryl methyl sites for hydroxylation is 1. The second kappa shape index (κ2) is 16.5. The minimum atomic E-state index is -0.373. The average Bonchev–Trinajstić information content (AvgIpc) is 3.61. The van der Waals surface area contributed by atoms with E-state index in [2.05, 4.69) is 32.2 Å². The zero-order chi connectivity index (χ0) is 36.6. The summed E-state index contributed by atoms with van der Waals surface area (Å²) in [4.78, 5) is 57.8. The molecule has 5 aromatic rings. The zero-order valence-corrected chi connectivity index (χ0v) is 30.1. The van der Waals surface area contributed by atoms with Gasteiger partial charge in [0.25, 0.3) is 11.8 Å². The molecule has 0 aliphatic carbocycles. The molecule has 0 atom stereocenters. The molecule has 1 saturated heterocycles. The van der Waals surface area contributed by atoms with Crippen LogP contribution >= 0.6 is 0 Å². The molecule has 6 rings (SSSR count). The van der Waals surface area contributed by atoms with Crippen LogP contribution in [0.5, 0.6) is 11.5 Å². The third kappa shape index (κ3) is 8.40. The summed E-state index contributed by atoms with van der Waals surface area (Å²) in [5.74, 6) is 1.09. The number of aromatic amines is 1. The number of imidazole rings is 1. The number of anilines is 2. The van der Waals surface area contributed by atoms with Crippen LogP contribution in [0, 0.1) is 6.92 Å². The highest BCUT2D eigenvalue weighted by Crippen LogP contribution is 2.32. The predicted octanol–water partition coefficient (Wildman–Crippen LogP) is 6.18. The molecule has 3 heterocycles. The maximum absolute atomic E-state index is 13.8. The first-order valence-electron chi connectivity index (χ1n) is 17.6. The van der Waals surface area contributed by atoms with E-state index in [0.717, 1.165) is 51.0 Å². The summed E-state index contributed by atoms with van der Waals surface area (Å²) in [7, 11) is 5.28. The highest BCUT2D eigenvalue weighted by atomic mass is 16.5. The maximum atomic E-state index is 13.8. The summed E-state index contributed by atoms with van der Waals surface area (Å²) < 4.78 is 11.8. The molecule has 3 aromatic carbocycles. The van der Waals surface area contributed by atoms with Crippen LogP contribution in [0.1, 0.15) is 52.0 Å². The Morgan fingerprint density at radius 3 is 2.52 bits per heavy atom. The molecule has 52 heavy (non-hydrogen) atoms. The number of H-pyrrole nitrogens is 1. The summed E-state index contributed by atoms with van der Waals surface area (Å²) in [5.41, 5.74) is 4.70. The van der Waals surface area contributed by atoms with E-state index in [1.54, 1.807) is 48.5 Å². The number of amides is 3. The molecule has 0 radical (unpaired) electrons. The summed E-state index contributed by atoms with van der Waals surface area (Å²) in [5, 5.41) is 2.92. The van der Waals surface area contributed by atoms with Crippen molar-refractivity contribution in [2.45, 2.75) is 32.6 Å². The van der Waals surface area contributed by atoms with Gasteiger partial charge in [-0.15, -0.1) is 0 Å². The molecule has 1 fully saturated rings. The Balaban J connectivity index is 1.08. The fraction of sp³-hybridized carbons (Fsp3) is 0.325. The second-order valence-electron chi connectivity index (χ2n) is 13.0. The Hall–Kier alpha value is -5.75. The van der Waals surface area contributed by atoms with Crippen LogP contribution < -0.4 is 19.7 Å². The molecule has 0 unspecified atom stereocenters. The van der Waals surface area contributed by atoms with Crippen LogP contribution in [-0.4, -0.2) is 96.5 Å². The number of nitrogens with one attached hydrogen (secondary N) is 2. The summed E-state index contributed by atoms with van der Waals surface area (Å²) in [6.45, 7) is 5.89. The van der Waals surface area contributed by atoms with Crippen LogP contribution in [0.2, 0.25) is 0 Å². The highest BCUT2D eigenvalue weighted by Gasteiger charge is 2.22. The minimum absolute atomic E-state index is 0.226. The van der Waals surface area contributed by atoms with Crippen LogP contribution in [0.3, 0.4) is 0 Å². The van der Waals surface area contributed by atoms with Crippen LogP contribution in [0.4, 0.5) is 11.4 Å². The van der Waals surface area contributed by atoms with Gasteiger partial charge in [-0.3, -0.25) is 19.4 Å². The topological polar surface area (TPSA) is 133 Å². The molecule has 12 nitrogen and oxygen atoms in total. The number of pyridine rings is 1. The highest BCUT2D eigenvalue weighted by molar-refractivity contribution is 6.13. The standard InChI is InChI=1S/C40H45N7O5/c1-27-15-18-33(35(25-27)52-24-9-5-6-14-36(48)47-22-20-45(2)21-23-47)46(3)40(50)28-16-17-30(34(26-28)51-4)43-39(49)29-11-10-13-31-37(29)44-38(42-31)32-12-7-8-19-41-32/h7-8,10-13,15-19,25-26H,5-6,9,14,20-24H2,1-4H3,(H,42,44)(H,43,49). The molecule has 3 amide bonds. The van der Waals surface area contributed by atoms with Gasteiger partial charge in [-0.2, -0.15) is 0 Å². The van der Waals surface area contributed by atoms with Crippen molar-refractivity contribution in [2.24, 2.45) is 0 Å². The number of likely N-dealkylation sites (N-methyl/N-ethyl adjacent to an activating group) is 1. The quantitative estimate of drug-likeness (QED) is 0.139. The lowest BCUT2D eigenvalue weighted by atomic mass is 10.1. The lowest BCUT2D eigenvalue weighted by Crippen LogP contribution is -2.47. The monoisotopic (exact) mass is 703 g/mol. The Bertz CT molecular complexity index is 2040. The molecule has 12 heteroatoms. The molecule has 0 saturated carbocycles. The van der Waals surface area contributed by atoms with Crippen molar-refractivity contribution < 1.29 is 23.9 Å². The molecule has 0 spiro atoms. The first kappa shape index (κ1) is 36.1. The van der Waals surface area contributed by atoms with E-state index in [1.807, 2.05) is 54.3 Å². The van der Waals surface area contributed by atoms with Gasteiger partial charge in [0.15, 0.2) is 5.82 Å². The first-order valence-corrected chi connectivity index (χ1v) is 17.6. The van der Waals surface area contributed by atoms with E-state index in [9.17, 15) is 14.4 Å². The number of rotatable bonds is 13. The van der Waals surface area contributed by atoms with Crippen LogP contribution in [0.15, 0.2) is 79.0 Å². The third-order valence-corrected chi connectivity index (χ3v) is 9.29. The molecule has 270 valence electrons. The maximum Gasteiger partial charge on any atom is 0.258 e. The smallest absolute Gasteiger partial charge is 0.258 e. The summed E-state index contributed by atoms with van der Waals surface area (Å²) in [6, 6.07) is 21.6. The lowest BCUT2D eigenvalue weighted by Gasteiger charge is -2.32. The van der Waals surface area contributed by atoms with Crippen molar-refractivity contribution in [3.8, 4) is 23.0 Å². The zero-order valence-electron chi connectivity index (χ0n) is 30.1. The summed E-state index contributed by atoms with van der Waals surface area (Å²) >= 11 is 0. The Morgan fingerprint density at radius 1 is 0.923 bits per heavy atom. The number of benzene rings is 3. The summed E-state index contributed by atoms with van der Waals surface area (Å²) in [6.07, 6.45) is 4.73. The van der Waals surface area contributed by atoms with Crippen molar-refractivity contribution in [3.05, 3.63) is 95.7 Å². The molecular formula is C40H45N7O5. The number of nitrogens with zero attached hydrogens (tertiary/aromatic N) is 5. The molecule has 1 aliphatic heterocycles. The number of aromatic nitrogens is 3. The Morgan fingerprint density at radius 2 is 1.75 bits per heavy atom. The number of hydrogen-bond acceptors (Lipinski definition) is 8. The molecule has 0 bridgehead atoms. The van der Waals surface area contributed by atoms with Crippen molar-refractivity contribution in [1.29, 1.82) is 0 Å². The number of fused-ring (bicyclic) bond motifs is 1. The van der Waals surface area contributed by atoms with Gasteiger partial charge >= 0.3 is 0 Å². The van der Waals surface area contributed by atoms with Crippen LogP contribution in [-0.2, 0) is 4.79 Å². The number of carbonyl (C=O) groups is 3. The van der Waals surface area contributed by atoms with E-state index in [0.29, 0.717) is 69.6 Å². The van der Waals surface area contributed by atoms with Gasteiger partial charge in [-0.25, -0.2) is 4.98 Å². The molecule has 1 aliphatic rings. The predicted molar refractivity (Wildman–Crippen MR) is 202 cm³/mol. The van der Waals surface area contributed by atoms with Crippen molar-refractivity contribution in [2.75, 3.05) is 64.2 Å². The van der Waals surface area contributed by atoms with Gasteiger partial charge in [-0.1, -0.05) is 18.2 Å². The van der Waals surface area contributed by atoms with Crippen LogP contribution in [0.25, 0.3) is 22.6 Å². The van der Waals surface area contributed by atoms with Crippen molar-refractivity contribution >= 4 is 40.1 Å². The fourth-order valence-electron chi connectivity index (χ4n) is 6.22. The Labute approximate surface area is 303 Å². The van der Waals surface area contributed by atoms with E-state index in [-0.39, 0.29) is 17.7 Å². The number of piperazine rings is 1. The Kier molecular flexibility index (Phi) is 11.4. The second-order valence-corrected chi connectivity index (χ2v) is 13.0. The van der Waals surface area contributed by atoms with E-state index >= 15 is 0 Å². The van der Waals surface area contributed by atoms with Gasteiger partial charge in [0.05, 0.1) is 36.2 Å². The number of unbranched alkanes of at least 4 members (excludes halogenated alkanes) is 2. The van der Waals surface area contributed by atoms with Gasteiger partial charge in [-0.05, 0) is 93.4 Å². The van der Waals surface area contributed by atoms with Gasteiger partial charge in [0, 0.05) is 51.4 Å². The van der Waals surface area contributed by atoms with Crippen molar-refractivity contribution in [1.82, 2.24) is 24.8 Å². The number of methoxy groups -OCH3 is 1. The van der Waals surface area contributed by atoms with Crippen molar-refractivity contribution in [3.63, 3.8) is 0 Å². The normalized spacial score (nSPS) is 13.2. The van der Waals surface area contributed by atoms with Gasteiger partial charge < -0.3 is 34.5 Å². The third-order valence-electron chi connectivity index (χ3n) is 9.29. The largest absolute Gasteiger partial charge is 0.495 e. The molecular weight excluding hydrogens is 658 g/mol. The van der Waals surface area contributed by atoms with Gasteiger partial charge in [0.2, 0.25) is 5.91 Å². The average molecular weight is 704 g/mol.